The standard InChI is InChI=1S/C18H10BrClO.C13H5BrClNO.C12H6BrClO.4C12H6BrClS/c19-14-8-4-7-13-16-12(11-5-2-1-3-6-11)9-10-15(20)18(16)21-17(13)14;14-10-3-1-2-8-9-4-7(6-16)5-11(15)13(9)17-12(8)10;13-9-5-1-3-7-8-4-2-6-10(14)12(8)15-11(7)9;13-7-1-3-11-9(5-7)10-6-8(14)2-4-12(10)15-11;13-7-3-1-5-9-11(7)12-8(14)4-2-6-10(12)15-9;13-7-4-5-10-8(6-7)12-9(14)2-1-3-11(12)15-10;13-9-2-1-3-10-12(9)8-5-4-7(14)6-11(8)15-10/h1-10H;1-5H;5*1-6H. The van der Waals surface area contributed by atoms with Crippen LogP contribution >= 0.6 is 238 Å². The maximum absolute atomic E-state index is 8.94. The van der Waals surface area contributed by atoms with Gasteiger partial charge in [-0.05, 0) is 217 Å². The highest BCUT2D eigenvalue weighted by Crippen LogP contribution is 2.47. The molecule has 4 nitrogen and oxygen atoms in total. The van der Waals surface area contributed by atoms with Crippen molar-refractivity contribution in [2.45, 2.75) is 0 Å². The largest absolute Gasteiger partial charge is 0.453 e. The van der Waals surface area contributed by atoms with Gasteiger partial charge in [-0.1, -0.05) is 260 Å². The number of para-hydroxylation sites is 4. The summed E-state index contributed by atoms with van der Waals surface area (Å²) in [5.74, 6) is 0. The average molecular weight is 2140 g/mol. The Balaban J connectivity index is 0.0000000999. The second-order valence-electron chi connectivity index (χ2n) is 25.3. The van der Waals surface area contributed by atoms with Crippen molar-refractivity contribution in [2.75, 3.05) is 0 Å². The zero-order valence-corrected chi connectivity index (χ0v) is 77.2. The summed E-state index contributed by atoms with van der Waals surface area (Å²) in [7, 11) is 0. The van der Waals surface area contributed by atoms with Crippen LogP contribution < -0.4 is 0 Å². The number of fused-ring (bicyclic) bond motifs is 21. The summed E-state index contributed by atoms with van der Waals surface area (Å²) in [6.07, 6.45) is 0. The van der Waals surface area contributed by atoms with E-state index in [4.69, 9.17) is 99.7 Å². The number of rotatable bonds is 1. The molecule has 22 rings (SSSR count). The third-order valence-electron chi connectivity index (χ3n) is 18.3. The fourth-order valence-corrected chi connectivity index (χ4v) is 23.1. The predicted molar refractivity (Wildman–Crippen MR) is 518 cm³/mol. The van der Waals surface area contributed by atoms with Gasteiger partial charge < -0.3 is 13.3 Å². The average Bonchev–Trinajstić information content (AvgIpc) is 1.59. The number of benzene rings is 15. The van der Waals surface area contributed by atoms with Crippen LogP contribution in [0.25, 0.3) is 158 Å². The molecule has 0 aliphatic rings. The Hall–Kier alpha value is -6.54. The minimum absolute atomic E-state index is 0.460. The van der Waals surface area contributed by atoms with E-state index in [1.54, 1.807) is 57.5 Å². The quantitative estimate of drug-likeness (QED) is 0.164. The van der Waals surface area contributed by atoms with Gasteiger partial charge in [0, 0.05) is 151 Å². The molecule has 15 aromatic carbocycles. The van der Waals surface area contributed by atoms with Gasteiger partial charge in [-0.3, -0.25) is 0 Å². The lowest BCUT2D eigenvalue weighted by molar-refractivity contribution is 0.666. The van der Waals surface area contributed by atoms with Crippen LogP contribution in [0.15, 0.2) is 318 Å². The second-order valence-corrected chi connectivity index (χ2v) is 38.7. The highest BCUT2D eigenvalue weighted by molar-refractivity contribution is 9.11. The van der Waals surface area contributed by atoms with E-state index in [-0.39, 0.29) is 0 Å². The van der Waals surface area contributed by atoms with Crippen molar-refractivity contribution in [2.24, 2.45) is 0 Å². The molecule has 7 aromatic heterocycles. The molecule has 0 unspecified atom stereocenters. The van der Waals surface area contributed by atoms with Gasteiger partial charge in [0.25, 0.3) is 0 Å². The first-order valence-corrected chi connectivity index (χ1v) is 45.6. The molecule has 0 amide bonds. The van der Waals surface area contributed by atoms with Gasteiger partial charge >= 0.3 is 0 Å². The Kier molecular flexibility index (Phi) is 24.8. The SMILES string of the molecule is Clc1ccc(-c2ccccc2)c2c1oc1c(Br)cccc12.Clc1ccc2c(c1)sc1cccc(Br)c12.Clc1ccc2sc3ccc(Br)cc3c2c1.Clc1cccc2c1oc1c(Br)cccc12.Clc1cccc2sc3ccc(Br)cc3c12.Clc1cccc2sc3cccc(Br)c3c12.N#Cc1cc(Cl)c2oc3c(Br)cccc3c2c1. The van der Waals surface area contributed by atoms with E-state index in [2.05, 4.69) is 239 Å². The van der Waals surface area contributed by atoms with E-state index in [0.29, 0.717) is 26.2 Å². The molecule has 0 aliphatic heterocycles. The van der Waals surface area contributed by atoms with Crippen LogP contribution in [0.3, 0.4) is 0 Å². The molecular weight excluding hydrogens is 2090 g/mol. The van der Waals surface area contributed by atoms with Gasteiger partial charge in [0.15, 0.2) is 16.7 Å². The van der Waals surface area contributed by atoms with Crippen molar-refractivity contribution in [3.05, 3.63) is 345 Å². The van der Waals surface area contributed by atoms with Crippen molar-refractivity contribution in [1.82, 2.24) is 0 Å². The first-order chi connectivity index (χ1) is 54.7. The second kappa shape index (κ2) is 34.9. The summed E-state index contributed by atoms with van der Waals surface area (Å²) in [6, 6.07) is 92.6. The Morgan fingerprint density at radius 3 is 1.34 bits per heavy atom. The van der Waals surface area contributed by atoms with Gasteiger partial charge in [0.1, 0.15) is 16.7 Å². The Labute approximate surface area is 755 Å². The van der Waals surface area contributed by atoms with Crippen molar-refractivity contribution < 1.29 is 13.3 Å². The zero-order chi connectivity index (χ0) is 78.5. The molecule has 0 saturated carbocycles. The molecule has 0 atom stereocenters. The first-order valence-electron chi connectivity index (χ1n) is 34.1. The smallest absolute Gasteiger partial charge is 0.154 e. The van der Waals surface area contributed by atoms with E-state index in [1.165, 1.54) is 75.3 Å². The molecule has 7 heterocycles. The third-order valence-corrected chi connectivity index (χ3v) is 29.0. The maximum Gasteiger partial charge on any atom is 0.154 e. The fourth-order valence-electron chi connectivity index (χ4n) is 13.4. The van der Waals surface area contributed by atoms with E-state index in [1.807, 2.05) is 140 Å². The lowest BCUT2D eigenvalue weighted by atomic mass is 9.99. The molecule has 0 N–H and O–H groups in total. The minimum atomic E-state index is 0.460. The molecule has 22 heteroatoms. The first kappa shape index (κ1) is 80.3. The van der Waals surface area contributed by atoms with E-state index < -0.39 is 0 Å². The minimum Gasteiger partial charge on any atom is -0.453 e. The maximum atomic E-state index is 8.94. The Bertz CT molecular complexity index is 7340. The molecule has 0 radical (unpaired) electrons. The van der Waals surface area contributed by atoms with Crippen molar-refractivity contribution in [1.29, 1.82) is 5.26 Å². The summed E-state index contributed by atoms with van der Waals surface area (Å²) in [6.45, 7) is 0. The summed E-state index contributed by atoms with van der Waals surface area (Å²) in [4.78, 5) is 0. The van der Waals surface area contributed by atoms with Gasteiger partial charge in [0.2, 0.25) is 0 Å². The lowest BCUT2D eigenvalue weighted by Crippen LogP contribution is -1.79. The van der Waals surface area contributed by atoms with Crippen molar-refractivity contribution in [3.8, 4) is 17.2 Å². The molecule has 0 fully saturated rings. The Morgan fingerprint density at radius 1 is 0.248 bits per heavy atom. The highest BCUT2D eigenvalue weighted by Gasteiger charge is 2.19. The van der Waals surface area contributed by atoms with Crippen molar-refractivity contribution in [3.63, 3.8) is 0 Å². The summed E-state index contributed by atoms with van der Waals surface area (Å²) in [5.41, 5.74) is 7.35. The number of hydrogen-bond acceptors (Lipinski definition) is 8. The molecular formula is C91H45Br7Cl7NO3S4. The number of nitriles is 1. The van der Waals surface area contributed by atoms with Crippen LogP contribution in [-0.2, 0) is 0 Å². The van der Waals surface area contributed by atoms with Crippen LogP contribution in [0, 0.1) is 11.3 Å². The summed E-state index contributed by atoms with van der Waals surface area (Å²) in [5, 5.41) is 29.9. The molecule has 554 valence electrons. The molecule has 22 aromatic rings. The van der Waals surface area contributed by atoms with E-state index in [0.717, 1.165) is 128 Å². The van der Waals surface area contributed by atoms with Gasteiger partial charge in [0.05, 0.1) is 40.1 Å². The third kappa shape index (κ3) is 16.6. The summed E-state index contributed by atoms with van der Waals surface area (Å²) >= 11 is 74.7. The molecule has 0 saturated heterocycles. The van der Waals surface area contributed by atoms with Gasteiger partial charge in [-0.2, -0.15) is 5.26 Å². The Morgan fingerprint density at radius 2 is 0.681 bits per heavy atom. The van der Waals surface area contributed by atoms with Crippen molar-refractivity contribution >= 4 is 385 Å². The van der Waals surface area contributed by atoms with Crippen LogP contribution in [-0.4, -0.2) is 0 Å². The molecule has 0 bridgehead atoms. The van der Waals surface area contributed by atoms with Crippen LogP contribution in [0.1, 0.15) is 5.56 Å². The topological polar surface area (TPSA) is 63.2 Å². The normalized spacial score (nSPS) is 11.3. The lowest BCUT2D eigenvalue weighted by Gasteiger charge is -2.04. The number of hydrogen-bond donors (Lipinski definition) is 0. The highest BCUT2D eigenvalue weighted by atomic mass is 79.9. The number of furan rings is 3. The van der Waals surface area contributed by atoms with Crippen LogP contribution in [0.2, 0.25) is 35.2 Å². The van der Waals surface area contributed by atoms with Gasteiger partial charge in [-0.25, -0.2) is 0 Å². The van der Waals surface area contributed by atoms with Crippen LogP contribution in [0.5, 0.6) is 0 Å². The number of thiophene rings is 4. The fraction of sp³-hybridized carbons (Fsp3) is 0. The monoisotopic (exact) mass is 2120 g/mol. The molecule has 0 spiro atoms. The number of halogens is 14. The molecule has 0 aliphatic carbocycles. The van der Waals surface area contributed by atoms with Gasteiger partial charge in [-0.15, -0.1) is 45.3 Å². The zero-order valence-electron chi connectivity index (χ0n) is 57.6. The number of nitrogens with zero attached hydrogens (tertiary/aromatic N) is 1. The van der Waals surface area contributed by atoms with E-state index >= 15 is 0 Å². The van der Waals surface area contributed by atoms with E-state index in [9.17, 15) is 0 Å². The van der Waals surface area contributed by atoms with Crippen LogP contribution in [0.4, 0.5) is 0 Å². The predicted octanol–water partition coefficient (Wildman–Crippen LogP) is 38.4. The molecule has 113 heavy (non-hydrogen) atoms. The summed E-state index contributed by atoms with van der Waals surface area (Å²) < 4.78 is 34.8.